The van der Waals surface area contributed by atoms with Gasteiger partial charge in [0.25, 0.3) is 0 Å². The van der Waals surface area contributed by atoms with Gasteiger partial charge in [0.05, 0.1) is 0 Å². The molecule has 0 atom stereocenters. The Balaban J connectivity index is 2.02. The molecule has 0 saturated carbocycles. The number of carbonyl (C=O) groups excluding carboxylic acids is 1. The normalized spacial score (nSPS) is 10.9. The van der Waals surface area contributed by atoms with E-state index in [0.717, 1.165) is 33.4 Å². The number of furan rings is 1. The van der Waals surface area contributed by atoms with Crippen molar-refractivity contribution in [1.29, 1.82) is 0 Å². The van der Waals surface area contributed by atoms with Crippen molar-refractivity contribution in [2.75, 3.05) is 0 Å². The van der Waals surface area contributed by atoms with Crippen LogP contribution in [0.15, 0.2) is 52.9 Å². The van der Waals surface area contributed by atoms with Gasteiger partial charge in [0.15, 0.2) is 5.78 Å². The Bertz CT molecular complexity index is 764. The summed E-state index contributed by atoms with van der Waals surface area (Å²) in [5, 5.41) is 1.11. The third-order valence-electron chi connectivity index (χ3n) is 3.55. The maximum atomic E-state index is 11.6. The van der Waals surface area contributed by atoms with Crippen molar-refractivity contribution in [3.63, 3.8) is 0 Å². The molecule has 0 bridgehead atoms. The molecule has 0 aliphatic carbocycles. The average Bonchev–Trinajstić information content (AvgIpc) is 2.92. The Morgan fingerprint density at radius 3 is 2.50 bits per heavy atom. The van der Waals surface area contributed by atoms with E-state index >= 15 is 0 Å². The third kappa shape index (κ3) is 2.14. The molecule has 0 aliphatic rings. The molecule has 0 aliphatic heterocycles. The van der Waals surface area contributed by atoms with Crippen molar-refractivity contribution in [1.82, 2.24) is 0 Å². The summed E-state index contributed by atoms with van der Waals surface area (Å²) in [5.74, 6) is 1.00. The minimum Gasteiger partial charge on any atom is -0.456 e. The fourth-order valence-corrected chi connectivity index (χ4v) is 2.38. The monoisotopic (exact) mass is 264 g/mol. The number of fused-ring (bicyclic) bond motifs is 1. The smallest absolute Gasteiger partial charge is 0.162 e. The lowest BCUT2D eigenvalue weighted by atomic mass is 10.1. The predicted octanol–water partition coefficient (Wildman–Crippen LogP) is 5.00. The second-order valence-corrected chi connectivity index (χ2v) is 4.96. The lowest BCUT2D eigenvalue weighted by molar-refractivity contribution is 0.0988. The highest BCUT2D eigenvalue weighted by Crippen LogP contribution is 2.29. The Morgan fingerprint density at radius 2 is 1.85 bits per heavy atom. The largest absolute Gasteiger partial charge is 0.456 e. The van der Waals surface area contributed by atoms with Crippen molar-refractivity contribution >= 4 is 16.8 Å². The molecule has 2 aromatic carbocycles. The maximum absolute atomic E-state index is 11.6. The highest BCUT2D eigenvalue weighted by atomic mass is 16.3. The number of hydrogen-bond acceptors (Lipinski definition) is 2. The summed E-state index contributed by atoms with van der Waals surface area (Å²) in [4.78, 5) is 11.6. The third-order valence-corrected chi connectivity index (χ3v) is 3.55. The van der Waals surface area contributed by atoms with Crippen molar-refractivity contribution in [2.45, 2.75) is 20.3 Å². The molecule has 100 valence electrons. The van der Waals surface area contributed by atoms with Crippen molar-refractivity contribution in [2.24, 2.45) is 0 Å². The van der Waals surface area contributed by atoms with Gasteiger partial charge >= 0.3 is 0 Å². The Labute approximate surface area is 118 Å². The number of hydrogen-bond donors (Lipinski definition) is 0. The van der Waals surface area contributed by atoms with E-state index in [9.17, 15) is 4.79 Å². The van der Waals surface area contributed by atoms with Gasteiger partial charge in [0, 0.05) is 22.9 Å². The second kappa shape index (κ2) is 4.97. The predicted molar refractivity (Wildman–Crippen MR) is 81.0 cm³/mol. The number of aryl methyl sites for hydroxylation is 1. The summed E-state index contributed by atoms with van der Waals surface area (Å²) < 4.78 is 5.93. The zero-order valence-electron chi connectivity index (χ0n) is 11.6. The molecule has 0 spiro atoms. The van der Waals surface area contributed by atoms with Crippen LogP contribution in [-0.4, -0.2) is 5.78 Å². The molecular formula is C18H16O2. The molecule has 0 fully saturated rings. The summed E-state index contributed by atoms with van der Waals surface area (Å²) in [6.07, 6.45) is 0.531. The highest BCUT2D eigenvalue weighted by Gasteiger charge is 2.09. The minimum atomic E-state index is 0.164. The Hall–Kier alpha value is -2.35. The first-order valence-electron chi connectivity index (χ1n) is 6.82. The van der Waals surface area contributed by atoms with Crippen LogP contribution < -0.4 is 0 Å². The zero-order chi connectivity index (χ0) is 14.1. The van der Waals surface area contributed by atoms with Crippen LogP contribution in [0.4, 0.5) is 0 Å². The van der Waals surface area contributed by atoms with E-state index in [4.69, 9.17) is 4.42 Å². The topological polar surface area (TPSA) is 30.2 Å². The van der Waals surface area contributed by atoms with E-state index in [1.807, 2.05) is 62.4 Å². The van der Waals surface area contributed by atoms with Gasteiger partial charge in [0.1, 0.15) is 11.3 Å². The van der Waals surface area contributed by atoms with Crippen LogP contribution in [0.3, 0.4) is 0 Å². The second-order valence-electron chi connectivity index (χ2n) is 4.96. The summed E-state index contributed by atoms with van der Waals surface area (Å²) in [5.41, 5.74) is 3.81. The van der Waals surface area contributed by atoms with Gasteiger partial charge in [-0.05, 0) is 18.6 Å². The van der Waals surface area contributed by atoms with Crippen LogP contribution >= 0.6 is 0 Å². The first-order chi connectivity index (χ1) is 9.69. The van der Waals surface area contributed by atoms with E-state index in [2.05, 4.69) is 0 Å². The molecule has 0 saturated heterocycles. The number of para-hydroxylation sites is 1. The maximum Gasteiger partial charge on any atom is 0.162 e. The number of rotatable bonds is 3. The first kappa shape index (κ1) is 12.7. The molecule has 1 aromatic heterocycles. The summed E-state index contributed by atoms with van der Waals surface area (Å²) in [6.45, 7) is 3.91. The van der Waals surface area contributed by atoms with Crippen LogP contribution in [0.25, 0.3) is 22.3 Å². The Morgan fingerprint density at radius 1 is 1.10 bits per heavy atom. The van der Waals surface area contributed by atoms with Crippen LogP contribution in [0.1, 0.15) is 29.3 Å². The zero-order valence-corrected chi connectivity index (χ0v) is 11.6. The summed E-state index contributed by atoms with van der Waals surface area (Å²) in [6, 6.07) is 15.8. The summed E-state index contributed by atoms with van der Waals surface area (Å²) >= 11 is 0. The first-order valence-corrected chi connectivity index (χ1v) is 6.82. The van der Waals surface area contributed by atoms with E-state index in [-0.39, 0.29) is 5.78 Å². The van der Waals surface area contributed by atoms with E-state index in [1.54, 1.807) is 0 Å². The minimum absolute atomic E-state index is 0.164. The SMILES string of the molecule is CCC(=O)c1ccc(-c2cc3cccc(C)c3o2)cc1. The van der Waals surface area contributed by atoms with Gasteiger partial charge in [-0.1, -0.05) is 49.4 Å². The number of ketones is 1. The van der Waals surface area contributed by atoms with Crippen molar-refractivity contribution < 1.29 is 9.21 Å². The fourth-order valence-electron chi connectivity index (χ4n) is 2.38. The van der Waals surface area contributed by atoms with Gasteiger partial charge in [-0.15, -0.1) is 0 Å². The van der Waals surface area contributed by atoms with Crippen LogP contribution in [-0.2, 0) is 0 Å². The summed E-state index contributed by atoms with van der Waals surface area (Å²) in [7, 11) is 0. The van der Waals surface area contributed by atoms with Crippen molar-refractivity contribution in [3.05, 3.63) is 59.7 Å². The molecular weight excluding hydrogens is 248 g/mol. The molecule has 3 rings (SSSR count). The van der Waals surface area contributed by atoms with Crippen LogP contribution in [0.2, 0.25) is 0 Å². The standard InChI is InChI=1S/C18H16O2/c1-3-16(19)13-7-9-14(10-8-13)17-11-15-6-4-5-12(2)18(15)20-17/h4-11H,3H2,1-2H3. The lowest BCUT2D eigenvalue weighted by Crippen LogP contribution is -1.95. The van der Waals surface area contributed by atoms with Gasteiger partial charge in [-0.2, -0.15) is 0 Å². The molecule has 3 aromatic rings. The Kier molecular flexibility index (Phi) is 3.15. The quantitative estimate of drug-likeness (QED) is 0.623. The lowest BCUT2D eigenvalue weighted by Gasteiger charge is -2.00. The molecule has 0 N–H and O–H groups in total. The highest BCUT2D eigenvalue weighted by molar-refractivity contribution is 5.96. The van der Waals surface area contributed by atoms with Gasteiger partial charge in [-0.3, -0.25) is 4.79 Å². The van der Waals surface area contributed by atoms with Crippen molar-refractivity contribution in [3.8, 4) is 11.3 Å². The molecule has 0 amide bonds. The van der Waals surface area contributed by atoms with E-state index < -0.39 is 0 Å². The molecule has 0 unspecified atom stereocenters. The molecule has 1 heterocycles. The number of Topliss-reactive ketones (excluding diaryl/α,β-unsaturated/α-hetero) is 1. The fraction of sp³-hybridized carbons (Fsp3) is 0.167. The number of benzene rings is 2. The number of carbonyl (C=O) groups is 1. The van der Waals surface area contributed by atoms with Gasteiger partial charge < -0.3 is 4.42 Å². The van der Waals surface area contributed by atoms with E-state index in [0.29, 0.717) is 6.42 Å². The average molecular weight is 264 g/mol. The molecule has 0 radical (unpaired) electrons. The van der Waals surface area contributed by atoms with Gasteiger partial charge in [0.2, 0.25) is 0 Å². The molecule has 2 nitrogen and oxygen atoms in total. The van der Waals surface area contributed by atoms with E-state index in [1.165, 1.54) is 0 Å². The van der Waals surface area contributed by atoms with Crippen LogP contribution in [0, 0.1) is 6.92 Å². The molecule has 20 heavy (non-hydrogen) atoms. The van der Waals surface area contributed by atoms with Gasteiger partial charge in [-0.25, -0.2) is 0 Å². The van der Waals surface area contributed by atoms with Crippen LogP contribution in [0.5, 0.6) is 0 Å². The molecule has 2 heteroatoms.